The second-order valence-electron chi connectivity index (χ2n) is 3.71. The van der Waals surface area contributed by atoms with Gasteiger partial charge in [-0.15, -0.1) is 0 Å². The van der Waals surface area contributed by atoms with Gasteiger partial charge in [0.2, 0.25) is 0 Å². The van der Waals surface area contributed by atoms with Crippen molar-refractivity contribution in [2.45, 2.75) is 39.5 Å². The molecule has 0 radical (unpaired) electrons. The van der Waals surface area contributed by atoms with Crippen molar-refractivity contribution in [2.75, 3.05) is 6.61 Å². The van der Waals surface area contributed by atoms with Crippen molar-refractivity contribution in [1.29, 1.82) is 0 Å². The molecule has 0 aliphatic carbocycles. The molecule has 6 nitrogen and oxygen atoms in total. The lowest BCUT2D eigenvalue weighted by Crippen LogP contribution is -2.16. The fourth-order valence-corrected chi connectivity index (χ4v) is 1.36. The van der Waals surface area contributed by atoms with E-state index >= 15 is 0 Å². The van der Waals surface area contributed by atoms with Crippen LogP contribution in [0.4, 0.5) is 0 Å². The molecule has 0 atom stereocenters. The van der Waals surface area contributed by atoms with E-state index in [1.165, 1.54) is 0 Å². The zero-order chi connectivity index (χ0) is 14.1. The number of ether oxygens (including phenoxy) is 1. The Morgan fingerprint density at radius 2 is 1.50 bits per heavy atom. The van der Waals surface area contributed by atoms with Gasteiger partial charge in [-0.2, -0.15) is 0 Å². The monoisotopic (exact) mass is 258 g/mol. The molecule has 0 heterocycles. The summed E-state index contributed by atoms with van der Waals surface area (Å²) >= 11 is 0. The molecule has 0 fully saturated rings. The largest absolute Gasteiger partial charge is 0.478 e. The highest BCUT2D eigenvalue weighted by Crippen LogP contribution is 2.16. The first-order chi connectivity index (χ1) is 8.43. The summed E-state index contributed by atoms with van der Waals surface area (Å²) in [5.41, 5.74) is -0.635. The van der Waals surface area contributed by atoms with Gasteiger partial charge in [0.25, 0.3) is 0 Å². The lowest BCUT2D eigenvalue weighted by atomic mass is 10.0. The van der Waals surface area contributed by atoms with Crippen LogP contribution in [0.25, 0.3) is 0 Å². The Bertz CT molecular complexity index is 356. The Balaban J connectivity index is 5.03. The summed E-state index contributed by atoms with van der Waals surface area (Å²) in [4.78, 5) is 33.3. The highest BCUT2D eigenvalue weighted by Gasteiger charge is 2.22. The fraction of sp³-hybridized carbons (Fsp3) is 0.583. The minimum Gasteiger partial charge on any atom is -0.478 e. The molecule has 0 spiro atoms. The molecule has 0 aromatic rings. The molecular weight excluding hydrogens is 240 g/mol. The molecule has 0 aliphatic heterocycles. The number of carboxylic acids is 2. The maximum Gasteiger partial charge on any atom is 0.332 e. The van der Waals surface area contributed by atoms with Gasteiger partial charge in [0.05, 0.1) is 18.6 Å². The van der Waals surface area contributed by atoms with Crippen molar-refractivity contribution in [3.8, 4) is 0 Å². The van der Waals surface area contributed by atoms with Crippen LogP contribution in [-0.2, 0) is 19.1 Å². The molecular formula is C12H18O6. The maximum atomic E-state index is 11.3. The number of carbonyl (C=O) groups is 3. The Morgan fingerprint density at radius 1 is 0.944 bits per heavy atom. The molecule has 0 saturated carbocycles. The highest BCUT2D eigenvalue weighted by molar-refractivity contribution is 6.01. The van der Waals surface area contributed by atoms with Crippen LogP contribution in [-0.4, -0.2) is 34.7 Å². The summed E-state index contributed by atoms with van der Waals surface area (Å²) in [5, 5.41) is 17.9. The molecule has 0 saturated heterocycles. The maximum absolute atomic E-state index is 11.3. The van der Waals surface area contributed by atoms with Crippen LogP contribution in [0.15, 0.2) is 11.1 Å². The van der Waals surface area contributed by atoms with Crippen LogP contribution in [0.3, 0.4) is 0 Å². The molecule has 2 N–H and O–H groups in total. The summed E-state index contributed by atoms with van der Waals surface area (Å²) in [6.07, 6.45) is 0.704. The van der Waals surface area contributed by atoms with Gasteiger partial charge in [-0.25, -0.2) is 9.59 Å². The van der Waals surface area contributed by atoms with E-state index in [1.807, 2.05) is 0 Å². The molecule has 0 amide bonds. The molecule has 18 heavy (non-hydrogen) atoms. The third-order valence-electron chi connectivity index (χ3n) is 2.17. The number of hydrogen-bond acceptors (Lipinski definition) is 4. The number of esters is 1. The van der Waals surface area contributed by atoms with E-state index in [0.717, 1.165) is 0 Å². The summed E-state index contributed by atoms with van der Waals surface area (Å²) in [6, 6.07) is 0. The van der Waals surface area contributed by atoms with E-state index < -0.39 is 29.9 Å². The van der Waals surface area contributed by atoms with Gasteiger partial charge in [0.15, 0.2) is 0 Å². The predicted molar refractivity (Wildman–Crippen MR) is 63.1 cm³/mol. The number of rotatable bonds is 8. The first-order valence-electron chi connectivity index (χ1n) is 5.78. The van der Waals surface area contributed by atoms with Gasteiger partial charge in [0, 0.05) is 5.57 Å². The Morgan fingerprint density at radius 3 is 1.89 bits per heavy atom. The van der Waals surface area contributed by atoms with E-state index in [4.69, 9.17) is 14.9 Å². The SMILES string of the molecule is CCCOC(=O)C/C(C(=O)O)=C(/CCC)C(=O)O. The highest BCUT2D eigenvalue weighted by atomic mass is 16.5. The molecule has 0 rings (SSSR count). The number of carbonyl (C=O) groups excluding carboxylic acids is 1. The van der Waals surface area contributed by atoms with Crippen LogP contribution in [0, 0.1) is 0 Å². The minimum absolute atomic E-state index is 0.109. The van der Waals surface area contributed by atoms with E-state index in [9.17, 15) is 14.4 Å². The first-order valence-corrected chi connectivity index (χ1v) is 5.78. The molecule has 0 aromatic heterocycles. The number of aliphatic carboxylic acids is 2. The van der Waals surface area contributed by atoms with Crippen LogP contribution in [0.5, 0.6) is 0 Å². The quantitative estimate of drug-likeness (QED) is 0.506. The van der Waals surface area contributed by atoms with E-state index in [1.54, 1.807) is 13.8 Å². The zero-order valence-corrected chi connectivity index (χ0v) is 10.6. The molecule has 0 unspecified atom stereocenters. The Hall–Kier alpha value is -1.85. The van der Waals surface area contributed by atoms with Gasteiger partial charge in [0.1, 0.15) is 0 Å². The average Bonchev–Trinajstić information content (AvgIpc) is 2.30. The van der Waals surface area contributed by atoms with E-state index in [-0.39, 0.29) is 18.6 Å². The summed E-state index contributed by atoms with van der Waals surface area (Å²) in [5.74, 6) is -3.42. The van der Waals surface area contributed by atoms with Crippen molar-refractivity contribution in [3.63, 3.8) is 0 Å². The summed E-state index contributed by atoms with van der Waals surface area (Å²) < 4.78 is 4.75. The Kier molecular flexibility index (Phi) is 7.42. The van der Waals surface area contributed by atoms with Gasteiger partial charge in [-0.1, -0.05) is 20.3 Å². The second kappa shape index (κ2) is 8.27. The van der Waals surface area contributed by atoms with Crippen molar-refractivity contribution < 1.29 is 29.3 Å². The third-order valence-corrected chi connectivity index (χ3v) is 2.17. The lowest BCUT2D eigenvalue weighted by molar-refractivity contribution is -0.145. The van der Waals surface area contributed by atoms with Gasteiger partial charge in [-0.3, -0.25) is 4.79 Å². The van der Waals surface area contributed by atoms with Gasteiger partial charge >= 0.3 is 17.9 Å². The van der Waals surface area contributed by atoms with Crippen molar-refractivity contribution >= 4 is 17.9 Å². The van der Waals surface area contributed by atoms with Crippen LogP contribution in [0.1, 0.15) is 39.5 Å². The summed E-state index contributed by atoms with van der Waals surface area (Å²) in [7, 11) is 0. The van der Waals surface area contributed by atoms with Crippen molar-refractivity contribution in [2.24, 2.45) is 0 Å². The van der Waals surface area contributed by atoms with Crippen LogP contribution < -0.4 is 0 Å². The van der Waals surface area contributed by atoms with Crippen LogP contribution in [0.2, 0.25) is 0 Å². The van der Waals surface area contributed by atoms with Crippen molar-refractivity contribution in [1.82, 2.24) is 0 Å². The first kappa shape index (κ1) is 16.1. The molecule has 0 aromatic carbocycles. The lowest BCUT2D eigenvalue weighted by Gasteiger charge is -2.08. The predicted octanol–water partition coefficient (Wildman–Crippen LogP) is 1.60. The standard InChI is InChI=1S/C12H18O6/c1-3-5-8(11(14)15)9(12(16)17)7-10(13)18-6-4-2/h3-7H2,1-2H3,(H,14,15)(H,16,17)/b9-8+. The smallest absolute Gasteiger partial charge is 0.332 e. The Labute approximate surface area is 105 Å². The third kappa shape index (κ3) is 5.47. The molecule has 0 aliphatic rings. The van der Waals surface area contributed by atoms with Crippen LogP contribution >= 0.6 is 0 Å². The van der Waals surface area contributed by atoms with Gasteiger partial charge in [-0.05, 0) is 12.8 Å². The molecule has 102 valence electrons. The molecule has 0 bridgehead atoms. The topological polar surface area (TPSA) is 101 Å². The minimum atomic E-state index is -1.39. The normalized spacial score (nSPS) is 11.7. The number of carboxylic acid groups (broad SMARTS) is 2. The van der Waals surface area contributed by atoms with Gasteiger partial charge < -0.3 is 14.9 Å². The fourth-order valence-electron chi connectivity index (χ4n) is 1.36. The molecule has 6 heteroatoms. The second-order valence-corrected chi connectivity index (χ2v) is 3.71. The average molecular weight is 258 g/mol. The zero-order valence-electron chi connectivity index (χ0n) is 10.6. The number of hydrogen-bond donors (Lipinski definition) is 2. The van der Waals surface area contributed by atoms with Crippen molar-refractivity contribution in [3.05, 3.63) is 11.1 Å². The van der Waals surface area contributed by atoms with E-state index in [0.29, 0.717) is 12.8 Å². The van der Waals surface area contributed by atoms with E-state index in [2.05, 4.69) is 0 Å². The summed E-state index contributed by atoms with van der Waals surface area (Å²) in [6.45, 7) is 3.74.